The van der Waals surface area contributed by atoms with Crippen molar-refractivity contribution in [2.24, 2.45) is 0 Å². The van der Waals surface area contributed by atoms with Gasteiger partial charge in [-0.2, -0.15) is 0 Å². The maximum Gasteiger partial charge on any atom is 0.333 e. The lowest BCUT2D eigenvalue weighted by Crippen LogP contribution is -2.36. The van der Waals surface area contributed by atoms with Crippen LogP contribution in [0.1, 0.15) is 66.1 Å². The number of nitrogens with zero attached hydrogens (tertiary/aromatic N) is 2. The third-order valence-corrected chi connectivity index (χ3v) is 9.20. The van der Waals surface area contributed by atoms with E-state index in [1.165, 1.54) is 10.8 Å². The second-order valence-electron chi connectivity index (χ2n) is 12.5. The molecule has 6 rings (SSSR count). The SMILES string of the molecule is COc1ccc(C(OC[C@@H]2CC[C@H](n3cc(C)c(=O)[nH]c3=O)O2)(c2ccc(CCC(=O)ON3C(=O)CCC3=O)cc2)c2ccc(OC)cc2)cc1. The van der Waals surface area contributed by atoms with Crippen LogP contribution in [0, 0.1) is 6.92 Å². The van der Waals surface area contributed by atoms with E-state index in [0.29, 0.717) is 41.4 Å². The zero-order valence-corrected chi connectivity index (χ0v) is 28.6. The molecule has 2 amide bonds. The Hall–Kier alpha value is -5.53. The molecule has 0 spiro atoms. The van der Waals surface area contributed by atoms with E-state index in [-0.39, 0.29) is 32.0 Å². The van der Waals surface area contributed by atoms with Crippen molar-refractivity contribution in [2.75, 3.05) is 20.8 Å². The van der Waals surface area contributed by atoms with Crippen LogP contribution in [0.2, 0.25) is 0 Å². The first-order chi connectivity index (χ1) is 24.6. The number of hydrogen-bond donors (Lipinski definition) is 1. The van der Waals surface area contributed by atoms with Crippen LogP contribution < -0.4 is 20.7 Å². The van der Waals surface area contributed by atoms with Crippen LogP contribution in [-0.4, -0.2) is 59.3 Å². The van der Waals surface area contributed by atoms with Crippen molar-refractivity contribution in [1.29, 1.82) is 0 Å². The van der Waals surface area contributed by atoms with Gasteiger partial charge in [0.1, 0.15) is 23.3 Å². The maximum atomic E-state index is 12.6. The fourth-order valence-corrected chi connectivity index (χ4v) is 6.39. The lowest BCUT2D eigenvalue weighted by Gasteiger charge is -2.37. The number of ether oxygens (including phenoxy) is 4. The Labute approximate surface area is 293 Å². The van der Waals surface area contributed by atoms with E-state index in [0.717, 1.165) is 22.3 Å². The highest BCUT2D eigenvalue weighted by atomic mass is 16.7. The number of aromatic amines is 1. The minimum atomic E-state index is -1.15. The van der Waals surface area contributed by atoms with Gasteiger partial charge in [-0.25, -0.2) is 9.59 Å². The smallest absolute Gasteiger partial charge is 0.333 e. The van der Waals surface area contributed by atoms with E-state index in [4.69, 9.17) is 23.8 Å². The molecule has 2 aliphatic rings. The zero-order chi connectivity index (χ0) is 36.1. The predicted molar refractivity (Wildman–Crippen MR) is 183 cm³/mol. The van der Waals surface area contributed by atoms with Gasteiger partial charge in [0.2, 0.25) is 0 Å². The summed E-state index contributed by atoms with van der Waals surface area (Å²) in [5.74, 6) is -0.378. The van der Waals surface area contributed by atoms with Crippen LogP contribution in [0.4, 0.5) is 0 Å². The number of methoxy groups -OCH3 is 2. The van der Waals surface area contributed by atoms with Crippen molar-refractivity contribution in [2.45, 2.75) is 63.4 Å². The van der Waals surface area contributed by atoms with Gasteiger partial charge < -0.3 is 23.8 Å². The molecule has 2 saturated heterocycles. The Balaban J connectivity index is 1.30. The number of hydrogen-bond acceptors (Lipinski definition) is 10. The first-order valence-corrected chi connectivity index (χ1v) is 16.7. The van der Waals surface area contributed by atoms with E-state index in [9.17, 15) is 24.0 Å². The van der Waals surface area contributed by atoms with E-state index < -0.39 is 40.9 Å². The molecule has 2 fully saturated rings. The number of carbonyl (C=O) groups excluding carboxylic acids is 3. The highest BCUT2D eigenvalue weighted by Crippen LogP contribution is 2.43. The Morgan fingerprint density at radius 3 is 1.92 bits per heavy atom. The van der Waals surface area contributed by atoms with Crippen molar-refractivity contribution in [1.82, 2.24) is 14.6 Å². The molecule has 51 heavy (non-hydrogen) atoms. The van der Waals surface area contributed by atoms with Crippen molar-refractivity contribution >= 4 is 17.8 Å². The van der Waals surface area contributed by atoms with Gasteiger partial charge in [0.25, 0.3) is 17.4 Å². The molecule has 3 aromatic carbocycles. The van der Waals surface area contributed by atoms with Crippen molar-refractivity contribution in [3.8, 4) is 11.5 Å². The van der Waals surface area contributed by atoms with Gasteiger partial charge in [-0.05, 0) is 72.7 Å². The van der Waals surface area contributed by atoms with Crippen LogP contribution >= 0.6 is 0 Å². The fraction of sp³-hybridized carbons (Fsp3) is 0.342. The summed E-state index contributed by atoms with van der Waals surface area (Å²) in [5.41, 5.74) is 1.54. The molecule has 1 aromatic heterocycles. The summed E-state index contributed by atoms with van der Waals surface area (Å²) in [6.45, 7) is 1.80. The molecule has 0 bridgehead atoms. The minimum absolute atomic E-state index is 0.0298. The zero-order valence-electron chi connectivity index (χ0n) is 28.6. The third-order valence-electron chi connectivity index (χ3n) is 9.20. The molecule has 13 heteroatoms. The van der Waals surface area contributed by atoms with Gasteiger partial charge in [0.15, 0.2) is 0 Å². The van der Waals surface area contributed by atoms with E-state index >= 15 is 0 Å². The number of hydroxylamine groups is 2. The van der Waals surface area contributed by atoms with Crippen molar-refractivity contribution < 1.29 is 38.2 Å². The number of imide groups is 1. The van der Waals surface area contributed by atoms with Crippen LogP contribution in [0.15, 0.2) is 88.6 Å². The van der Waals surface area contributed by atoms with Crippen molar-refractivity contribution in [3.05, 3.63) is 128 Å². The second kappa shape index (κ2) is 15.2. The average molecular weight is 698 g/mol. The lowest BCUT2D eigenvalue weighted by molar-refractivity contribution is -0.197. The standard InChI is InChI=1S/C38H39N3O10/c1-24-22-40(37(46)39-36(24)45)34-20-17-31(50-34)23-49-38(27-9-13-29(47-2)14-10-27,28-11-15-30(48-3)16-12-28)26-7-4-25(5-8-26)6-21-35(44)51-41-32(42)18-19-33(41)43/h4-5,7-16,22,31,34H,6,17-21,23H2,1-3H3,(H,39,45,46)/t31-,34+/m0/s1. The number of aryl methyl sites for hydroxylation is 2. The number of nitrogens with one attached hydrogen (secondary N) is 1. The van der Waals surface area contributed by atoms with E-state index in [2.05, 4.69) is 4.98 Å². The maximum absolute atomic E-state index is 12.6. The summed E-state index contributed by atoms with van der Waals surface area (Å²) >= 11 is 0. The Morgan fingerprint density at radius 2 is 1.37 bits per heavy atom. The quantitative estimate of drug-likeness (QED) is 0.160. The molecule has 4 aromatic rings. The molecule has 266 valence electrons. The topological polar surface area (TPSA) is 155 Å². The number of rotatable bonds is 13. The Morgan fingerprint density at radius 1 is 0.824 bits per heavy atom. The first kappa shape index (κ1) is 35.3. The minimum Gasteiger partial charge on any atom is -0.497 e. The fourth-order valence-electron chi connectivity index (χ4n) is 6.39. The van der Waals surface area contributed by atoms with Crippen LogP contribution in [0.5, 0.6) is 11.5 Å². The first-order valence-electron chi connectivity index (χ1n) is 16.7. The van der Waals surface area contributed by atoms with Gasteiger partial charge in [-0.15, -0.1) is 5.06 Å². The average Bonchev–Trinajstić information content (AvgIpc) is 3.75. The third kappa shape index (κ3) is 7.49. The van der Waals surface area contributed by atoms with Gasteiger partial charge in [0.05, 0.1) is 33.4 Å². The van der Waals surface area contributed by atoms with E-state index in [1.54, 1.807) is 21.1 Å². The monoisotopic (exact) mass is 697 g/mol. The summed E-state index contributed by atoms with van der Waals surface area (Å²) in [6.07, 6.45) is 2.08. The number of carbonyl (C=O) groups is 3. The van der Waals surface area contributed by atoms with Crippen LogP contribution in [0.25, 0.3) is 0 Å². The summed E-state index contributed by atoms with van der Waals surface area (Å²) in [6, 6.07) is 22.9. The van der Waals surface area contributed by atoms with E-state index in [1.807, 2.05) is 72.8 Å². The number of amides is 2. The molecule has 13 nitrogen and oxygen atoms in total. The molecule has 0 unspecified atom stereocenters. The van der Waals surface area contributed by atoms with Crippen LogP contribution in [-0.2, 0) is 40.7 Å². The van der Waals surface area contributed by atoms with Gasteiger partial charge in [-0.1, -0.05) is 48.5 Å². The second-order valence-corrected chi connectivity index (χ2v) is 12.5. The molecule has 0 radical (unpaired) electrons. The number of aromatic nitrogens is 2. The van der Waals surface area contributed by atoms with Crippen LogP contribution in [0.3, 0.4) is 0 Å². The normalized spacial score (nSPS) is 17.5. The Kier molecular flexibility index (Phi) is 10.5. The number of benzene rings is 3. The Bertz CT molecular complexity index is 1940. The molecular weight excluding hydrogens is 658 g/mol. The van der Waals surface area contributed by atoms with Gasteiger partial charge in [-0.3, -0.25) is 23.9 Å². The molecule has 0 saturated carbocycles. The highest BCUT2D eigenvalue weighted by molar-refractivity contribution is 6.01. The van der Waals surface area contributed by atoms with Gasteiger partial charge in [0, 0.05) is 24.6 Å². The summed E-state index contributed by atoms with van der Waals surface area (Å²) < 4.78 is 25.7. The lowest BCUT2D eigenvalue weighted by atomic mass is 9.79. The molecular formula is C38H39N3O10. The largest absolute Gasteiger partial charge is 0.497 e. The molecule has 2 aliphatic heterocycles. The number of H-pyrrole nitrogens is 1. The summed E-state index contributed by atoms with van der Waals surface area (Å²) in [7, 11) is 3.20. The molecule has 0 aliphatic carbocycles. The highest BCUT2D eigenvalue weighted by Gasteiger charge is 2.40. The molecule has 2 atom stereocenters. The van der Waals surface area contributed by atoms with Crippen molar-refractivity contribution in [3.63, 3.8) is 0 Å². The molecule has 1 N–H and O–H groups in total. The molecule has 3 heterocycles. The van der Waals surface area contributed by atoms with Gasteiger partial charge >= 0.3 is 11.7 Å². The summed E-state index contributed by atoms with van der Waals surface area (Å²) in [4.78, 5) is 68.1. The summed E-state index contributed by atoms with van der Waals surface area (Å²) in [5, 5.41) is 0.553. The predicted octanol–water partition coefficient (Wildman–Crippen LogP) is 4.09.